The average molecular weight is 584 g/mol. The largest absolute Gasteiger partial charge is 0.508 e. The number of benzene rings is 2. The Bertz CT molecular complexity index is 1200. The van der Waals surface area contributed by atoms with Gasteiger partial charge in [-0.1, -0.05) is 82.6 Å². The van der Waals surface area contributed by atoms with Crippen molar-refractivity contribution in [2.24, 2.45) is 23.7 Å². The van der Waals surface area contributed by atoms with Gasteiger partial charge in [0.1, 0.15) is 5.75 Å². The van der Waals surface area contributed by atoms with Crippen molar-refractivity contribution < 1.29 is 9.90 Å². The van der Waals surface area contributed by atoms with Gasteiger partial charge < -0.3 is 10.4 Å². The van der Waals surface area contributed by atoms with E-state index in [0.717, 1.165) is 54.5 Å². The van der Waals surface area contributed by atoms with Gasteiger partial charge in [0.05, 0.1) is 0 Å². The van der Waals surface area contributed by atoms with Crippen LogP contribution in [-0.4, -0.2) is 17.6 Å². The SMILES string of the molecule is CCC1c2ccc(CC3CCC(Cc4ccc(C(=O)NCCCC5CCCCCC5)cc4O)CC3)cc2[C@@H]2CCCCC12. The minimum absolute atomic E-state index is 0.0565. The Hall–Kier alpha value is -2.29. The van der Waals surface area contributed by atoms with E-state index in [1.807, 2.05) is 12.1 Å². The molecule has 0 aromatic heterocycles. The first-order chi connectivity index (χ1) is 21.1. The summed E-state index contributed by atoms with van der Waals surface area (Å²) >= 11 is 0. The Morgan fingerprint density at radius 2 is 1.49 bits per heavy atom. The highest BCUT2D eigenvalue weighted by atomic mass is 16.3. The molecule has 2 aromatic rings. The summed E-state index contributed by atoms with van der Waals surface area (Å²) in [5, 5.41) is 13.9. The van der Waals surface area contributed by atoms with Crippen LogP contribution >= 0.6 is 0 Å². The lowest BCUT2D eigenvalue weighted by Gasteiger charge is -2.30. The standard InChI is InChI=1S/C40H57NO2/c1-2-34-35-13-7-8-14-36(35)38-26-31(19-22-37(34)38)24-29-15-17-30(18-16-29)25-32-20-21-33(27-39(32)42)40(43)41-23-9-12-28-10-5-3-4-6-11-28/h19-22,26-30,34-36,42H,2-18,23-25H2,1H3,(H,41,43)/t29?,30?,34?,35?,36-/m1/s1. The van der Waals surface area contributed by atoms with Gasteiger partial charge >= 0.3 is 0 Å². The van der Waals surface area contributed by atoms with E-state index in [4.69, 9.17) is 0 Å². The van der Waals surface area contributed by atoms with Crippen LogP contribution < -0.4 is 5.32 Å². The second-order valence-electron chi connectivity index (χ2n) is 14.9. The molecule has 43 heavy (non-hydrogen) atoms. The van der Waals surface area contributed by atoms with Crippen LogP contribution in [0.4, 0.5) is 0 Å². The predicted molar refractivity (Wildman–Crippen MR) is 178 cm³/mol. The van der Waals surface area contributed by atoms with E-state index in [-0.39, 0.29) is 11.7 Å². The molecule has 0 spiro atoms. The van der Waals surface area contributed by atoms with Gasteiger partial charge in [-0.05, 0) is 141 Å². The Kier molecular flexibility index (Phi) is 10.5. The molecular weight excluding hydrogens is 526 g/mol. The number of fused-ring (bicyclic) bond motifs is 3. The summed E-state index contributed by atoms with van der Waals surface area (Å²) in [4.78, 5) is 12.7. The fourth-order valence-corrected chi connectivity index (χ4v) is 9.70. The van der Waals surface area contributed by atoms with E-state index in [0.29, 0.717) is 11.5 Å². The number of hydrogen-bond acceptors (Lipinski definition) is 2. The van der Waals surface area contributed by atoms with E-state index < -0.39 is 0 Å². The molecule has 2 unspecified atom stereocenters. The third-order valence-electron chi connectivity index (χ3n) is 12.1. The molecule has 0 radical (unpaired) electrons. The maximum absolute atomic E-state index is 12.7. The van der Waals surface area contributed by atoms with Crippen molar-refractivity contribution in [3.8, 4) is 5.75 Å². The van der Waals surface area contributed by atoms with Gasteiger partial charge in [0, 0.05) is 12.1 Å². The van der Waals surface area contributed by atoms with Gasteiger partial charge in [-0.3, -0.25) is 4.79 Å². The number of carbonyl (C=O) groups is 1. The van der Waals surface area contributed by atoms with Gasteiger partial charge in [0.2, 0.25) is 0 Å². The van der Waals surface area contributed by atoms with E-state index in [1.54, 1.807) is 22.8 Å². The molecule has 0 aliphatic heterocycles. The Morgan fingerprint density at radius 3 is 2.23 bits per heavy atom. The zero-order chi connectivity index (χ0) is 29.6. The molecule has 2 aromatic carbocycles. The van der Waals surface area contributed by atoms with Gasteiger partial charge in [0.15, 0.2) is 0 Å². The number of phenols is 1. The molecule has 1 amide bonds. The lowest BCUT2D eigenvalue weighted by atomic mass is 9.75. The first-order valence-corrected chi connectivity index (χ1v) is 18.3. The zero-order valence-corrected chi connectivity index (χ0v) is 26.9. The fourth-order valence-electron chi connectivity index (χ4n) is 9.70. The van der Waals surface area contributed by atoms with Gasteiger partial charge in [0.25, 0.3) is 5.91 Å². The summed E-state index contributed by atoms with van der Waals surface area (Å²) in [5.41, 5.74) is 6.54. The molecule has 3 fully saturated rings. The average Bonchev–Trinajstić information content (AvgIpc) is 3.14. The lowest BCUT2D eigenvalue weighted by Crippen LogP contribution is -2.25. The monoisotopic (exact) mass is 583 g/mol. The van der Waals surface area contributed by atoms with Crippen molar-refractivity contribution in [3.05, 3.63) is 64.2 Å². The number of carbonyl (C=O) groups excluding carboxylic acids is 1. The molecular formula is C40H57NO2. The zero-order valence-electron chi connectivity index (χ0n) is 26.9. The van der Waals surface area contributed by atoms with Crippen LogP contribution in [-0.2, 0) is 12.8 Å². The number of phenolic OH excluding ortho intramolecular Hbond substituents is 1. The number of amides is 1. The van der Waals surface area contributed by atoms with Crippen LogP contribution in [0, 0.1) is 23.7 Å². The summed E-state index contributed by atoms with van der Waals surface area (Å²) in [6, 6.07) is 13.2. The smallest absolute Gasteiger partial charge is 0.251 e. The van der Waals surface area contributed by atoms with Crippen LogP contribution in [0.5, 0.6) is 5.75 Å². The minimum atomic E-state index is -0.0565. The highest BCUT2D eigenvalue weighted by Gasteiger charge is 2.40. The summed E-state index contributed by atoms with van der Waals surface area (Å²) in [6.45, 7) is 3.12. The van der Waals surface area contributed by atoms with Crippen LogP contribution in [0.3, 0.4) is 0 Å². The van der Waals surface area contributed by atoms with Crippen LogP contribution in [0.15, 0.2) is 36.4 Å². The highest BCUT2D eigenvalue weighted by Crippen LogP contribution is 2.54. The topological polar surface area (TPSA) is 49.3 Å². The molecule has 234 valence electrons. The molecule has 6 rings (SSSR count). The summed E-state index contributed by atoms with van der Waals surface area (Å²) in [6.07, 6.45) is 24.7. The quantitative estimate of drug-likeness (QED) is 0.216. The van der Waals surface area contributed by atoms with Crippen LogP contribution in [0.2, 0.25) is 0 Å². The summed E-state index contributed by atoms with van der Waals surface area (Å²) < 4.78 is 0. The maximum Gasteiger partial charge on any atom is 0.251 e. The predicted octanol–water partition coefficient (Wildman–Crippen LogP) is 10.2. The Labute approximate surface area is 261 Å². The molecule has 2 N–H and O–H groups in total. The van der Waals surface area contributed by atoms with Crippen molar-refractivity contribution in [2.45, 2.75) is 141 Å². The van der Waals surface area contributed by atoms with E-state index >= 15 is 0 Å². The van der Waals surface area contributed by atoms with Crippen LogP contribution in [0.25, 0.3) is 0 Å². The first kappa shape index (κ1) is 30.7. The first-order valence-electron chi connectivity index (χ1n) is 18.3. The van der Waals surface area contributed by atoms with Crippen molar-refractivity contribution in [1.29, 1.82) is 0 Å². The molecule has 0 heterocycles. The number of aromatic hydroxyl groups is 1. The van der Waals surface area contributed by atoms with Gasteiger partial charge in [-0.25, -0.2) is 0 Å². The molecule has 4 aliphatic rings. The Morgan fingerprint density at radius 1 is 0.767 bits per heavy atom. The molecule has 3 atom stereocenters. The number of nitrogens with one attached hydrogen (secondary N) is 1. The molecule has 3 nitrogen and oxygen atoms in total. The summed E-state index contributed by atoms with van der Waals surface area (Å²) in [7, 11) is 0. The maximum atomic E-state index is 12.7. The van der Waals surface area contributed by atoms with E-state index in [9.17, 15) is 9.90 Å². The normalized spacial score (nSPS) is 27.7. The van der Waals surface area contributed by atoms with E-state index in [1.165, 1.54) is 109 Å². The van der Waals surface area contributed by atoms with Gasteiger partial charge in [-0.15, -0.1) is 0 Å². The van der Waals surface area contributed by atoms with Crippen molar-refractivity contribution in [2.75, 3.05) is 6.54 Å². The molecule has 3 saturated carbocycles. The van der Waals surface area contributed by atoms with Gasteiger partial charge in [-0.2, -0.15) is 0 Å². The number of rotatable bonds is 10. The Balaban J connectivity index is 0.948. The molecule has 4 aliphatic carbocycles. The molecule has 0 bridgehead atoms. The third-order valence-corrected chi connectivity index (χ3v) is 12.1. The third kappa shape index (κ3) is 7.51. The summed E-state index contributed by atoms with van der Waals surface area (Å²) in [5.74, 6) is 5.00. The second kappa shape index (κ2) is 14.7. The molecule has 3 heteroatoms. The lowest BCUT2D eigenvalue weighted by molar-refractivity contribution is 0.0952. The van der Waals surface area contributed by atoms with E-state index in [2.05, 4.69) is 30.4 Å². The second-order valence-corrected chi connectivity index (χ2v) is 14.9. The van der Waals surface area contributed by atoms with Crippen LogP contribution in [0.1, 0.15) is 161 Å². The van der Waals surface area contributed by atoms with Crippen molar-refractivity contribution in [3.63, 3.8) is 0 Å². The molecule has 0 saturated heterocycles. The highest BCUT2D eigenvalue weighted by molar-refractivity contribution is 5.94. The van der Waals surface area contributed by atoms with Crippen molar-refractivity contribution >= 4 is 5.91 Å². The van der Waals surface area contributed by atoms with Crippen molar-refractivity contribution in [1.82, 2.24) is 5.32 Å². The minimum Gasteiger partial charge on any atom is -0.508 e. The number of hydrogen-bond donors (Lipinski definition) is 2. The fraction of sp³-hybridized carbons (Fsp3) is 0.675.